The zero-order valence-corrected chi connectivity index (χ0v) is 17.1. The molecule has 1 aliphatic carbocycles. The number of fused-ring (bicyclic) bond motifs is 1. The van der Waals surface area contributed by atoms with E-state index >= 15 is 0 Å². The van der Waals surface area contributed by atoms with E-state index in [1.807, 2.05) is 39.0 Å². The molecule has 0 spiro atoms. The SMILES string of the molecule is COc1nccc2ccc(NC3CCC(CNC(=O)OC(C)(C)C)CC3)nc12. The van der Waals surface area contributed by atoms with Gasteiger partial charge in [-0.05, 0) is 70.6 Å². The smallest absolute Gasteiger partial charge is 0.407 e. The number of pyridine rings is 2. The van der Waals surface area contributed by atoms with E-state index < -0.39 is 5.60 Å². The van der Waals surface area contributed by atoms with Crippen LogP contribution in [0.15, 0.2) is 24.4 Å². The Hall–Kier alpha value is -2.57. The van der Waals surface area contributed by atoms with Crippen LogP contribution in [0.1, 0.15) is 46.5 Å². The van der Waals surface area contributed by atoms with Crippen molar-refractivity contribution in [3.05, 3.63) is 24.4 Å². The van der Waals surface area contributed by atoms with Crippen LogP contribution in [-0.4, -0.2) is 41.4 Å². The summed E-state index contributed by atoms with van der Waals surface area (Å²) in [6, 6.07) is 6.34. The molecule has 2 N–H and O–H groups in total. The van der Waals surface area contributed by atoms with Crippen LogP contribution in [0.25, 0.3) is 10.9 Å². The second-order valence-electron chi connectivity index (χ2n) is 8.33. The molecule has 1 fully saturated rings. The molecular weight excluding hydrogens is 356 g/mol. The van der Waals surface area contributed by atoms with E-state index in [0.717, 1.165) is 42.4 Å². The Bertz CT molecular complexity index is 811. The molecule has 0 aliphatic heterocycles. The summed E-state index contributed by atoms with van der Waals surface area (Å²) in [6.45, 7) is 6.28. The van der Waals surface area contributed by atoms with Gasteiger partial charge in [-0.2, -0.15) is 0 Å². The van der Waals surface area contributed by atoms with Crippen LogP contribution in [0, 0.1) is 5.92 Å². The molecule has 152 valence electrons. The van der Waals surface area contributed by atoms with Crippen molar-refractivity contribution < 1.29 is 14.3 Å². The van der Waals surface area contributed by atoms with Gasteiger partial charge in [0.25, 0.3) is 0 Å². The highest BCUT2D eigenvalue weighted by atomic mass is 16.6. The van der Waals surface area contributed by atoms with Crippen molar-refractivity contribution >= 4 is 22.8 Å². The topological polar surface area (TPSA) is 85.4 Å². The van der Waals surface area contributed by atoms with E-state index in [-0.39, 0.29) is 6.09 Å². The average molecular weight is 386 g/mol. The minimum Gasteiger partial charge on any atom is -0.479 e. The first kappa shape index (κ1) is 20.2. The van der Waals surface area contributed by atoms with Crippen LogP contribution in [-0.2, 0) is 4.74 Å². The largest absolute Gasteiger partial charge is 0.479 e. The molecule has 0 aromatic carbocycles. The summed E-state index contributed by atoms with van der Waals surface area (Å²) in [5.41, 5.74) is 0.307. The van der Waals surface area contributed by atoms with Crippen molar-refractivity contribution in [2.75, 3.05) is 19.0 Å². The maximum Gasteiger partial charge on any atom is 0.407 e. The zero-order chi connectivity index (χ0) is 20.1. The molecule has 0 radical (unpaired) electrons. The average Bonchev–Trinajstić information content (AvgIpc) is 2.65. The predicted octanol–water partition coefficient (Wildman–Crippen LogP) is 4.13. The van der Waals surface area contributed by atoms with E-state index in [2.05, 4.69) is 20.6 Å². The number of aromatic nitrogens is 2. The third-order valence-electron chi connectivity index (χ3n) is 4.90. The van der Waals surface area contributed by atoms with E-state index in [1.54, 1.807) is 13.3 Å². The normalized spacial score (nSPS) is 19.9. The lowest BCUT2D eigenvalue weighted by atomic mass is 9.86. The monoisotopic (exact) mass is 386 g/mol. The molecule has 28 heavy (non-hydrogen) atoms. The van der Waals surface area contributed by atoms with Crippen molar-refractivity contribution in [2.24, 2.45) is 5.92 Å². The number of hydrogen-bond donors (Lipinski definition) is 2. The fourth-order valence-electron chi connectivity index (χ4n) is 3.51. The van der Waals surface area contributed by atoms with E-state index in [1.165, 1.54) is 0 Å². The Kier molecular flexibility index (Phi) is 6.21. The van der Waals surface area contributed by atoms with Crippen molar-refractivity contribution in [3.8, 4) is 5.88 Å². The highest BCUT2D eigenvalue weighted by molar-refractivity contribution is 5.84. The summed E-state index contributed by atoms with van der Waals surface area (Å²) >= 11 is 0. The molecule has 1 aliphatic rings. The number of methoxy groups -OCH3 is 1. The van der Waals surface area contributed by atoms with Gasteiger partial charge >= 0.3 is 6.09 Å². The zero-order valence-electron chi connectivity index (χ0n) is 17.1. The second-order valence-corrected chi connectivity index (χ2v) is 8.33. The van der Waals surface area contributed by atoms with Gasteiger partial charge in [-0.25, -0.2) is 14.8 Å². The van der Waals surface area contributed by atoms with Crippen molar-refractivity contribution in [2.45, 2.75) is 58.1 Å². The van der Waals surface area contributed by atoms with Crippen molar-refractivity contribution in [1.29, 1.82) is 0 Å². The number of nitrogens with zero attached hydrogens (tertiary/aromatic N) is 2. The lowest BCUT2D eigenvalue weighted by molar-refractivity contribution is 0.0515. The third-order valence-corrected chi connectivity index (χ3v) is 4.90. The van der Waals surface area contributed by atoms with E-state index in [9.17, 15) is 4.79 Å². The number of carbonyl (C=O) groups excluding carboxylic acids is 1. The van der Waals surface area contributed by atoms with Crippen LogP contribution in [0.4, 0.5) is 10.6 Å². The van der Waals surface area contributed by atoms with Crippen LogP contribution >= 0.6 is 0 Å². The fraction of sp³-hybridized carbons (Fsp3) is 0.571. The fourth-order valence-corrected chi connectivity index (χ4v) is 3.51. The summed E-state index contributed by atoms with van der Waals surface area (Å²) in [5.74, 6) is 1.87. The van der Waals surface area contributed by atoms with Gasteiger partial charge in [-0.1, -0.05) is 0 Å². The highest BCUT2D eigenvalue weighted by Gasteiger charge is 2.23. The summed E-state index contributed by atoms with van der Waals surface area (Å²) in [7, 11) is 1.61. The molecule has 1 amide bonds. The van der Waals surface area contributed by atoms with Gasteiger partial charge in [0, 0.05) is 24.2 Å². The minimum absolute atomic E-state index is 0.337. The Balaban J connectivity index is 1.49. The molecule has 0 unspecified atom stereocenters. The summed E-state index contributed by atoms with van der Waals surface area (Å²) in [5, 5.41) is 7.43. The van der Waals surface area contributed by atoms with Gasteiger partial charge in [0.15, 0.2) is 0 Å². The van der Waals surface area contributed by atoms with Gasteiger partial charge in [0.05, 0.1) is 7.11 Å². The lowest BCUT2D eigenvalue weighted by Crippen LogP contribution is -2.37. The number of alkyl carbamates (subject to hydrolysis) is 1. The van der Waals surface area contributed by atoms with Gasteiger partial charge < -0.3 is 20.1 Å². The lowest BCUT2D eigenvalue weighted by Gasteiger charge is -2.30. The number of amides is 1. The van der Waals surface area contributed by atoms with Crippen LogP contribution in [0.5, 0.6) is 5.88 Å². The number of carbonyl (C=O) groups is 1. The number of nitrogens with one attached hydrogen (secondary N) is 2. The second kappa shape index (κ2) is 8.63. The maximum atomic E-state index is 11.8. The molecule has 0 bridgehead atoms. The molecular formula is C21H30N4O3. The molecule has 7 heteroatoms. The molecule has 7 nitrogen and oxygen atoms in total. The molecule has 2 aromatic rings. The Morgan fingerprint density at radius 3 is 2.61 bits per heavy atom. The van der Waals surface area contributed by atoms with Gasteiger partial charge in [-0.15, -0.1) is 0 Å². The van der Waals surface area contributed by atoms with Gasteiger partial charge in [0.2, 0.25) is 5.88 Å². The van der Waals surface area contributed by atoms with Crippen LogP contribution in [0.3, 0.4) is 0 Å². The summed E-state index contributed by atoms with van der Waals surface area (Å²) in [4.78, 5) is 20.7. The predicted molar refractivity (Wildman–Crippen MR) is 110 cm³/mol. The number of anilines is 1. The van der Waals surface area contributed by atoms with E-state index in [4.69, 9.17) is 9.47 Å². The number of hydrogen-bond acceptors (Lipinski definition) is 6. The van der Waals surface area contributed by atoms with E-state index in [0.29, 0.717) is 24.4 Å². The molecule has 2 heterocycles. The van der Waals surface area contributed by atoms with Gasteiger partial charge in [-0.3, -0.25) is 0 Å². The molecule has 1 saturated carbocycles. The van der Waals surface area contributed by atoms with Crippen molar-refractivity contribution in [3.63, 3.8) is 0 Å². The summed E-state index contributed by atoms with van der Waals surface area (Å²) < 4.78 is 10.6. The minimum atomic E-state index is -0.462. The third kappa shape index (κ3) is 5.47. The van der Waals surface area contributed by atoms with Crippen LogP contribution in [0.2, 0.25) is 0 Å². The molecule has 2 aromatic heterocycles. The summed E-state index contributed by atoms with van der Waals surface area (Å²) in [6.07, 6.45) is 5.60. The first-order valence-corrected chi connectivity index (χ1v) is 9.87. The number of ether oxygens (including phenoxy) is 2. The number of rotatable bonds is 5. The Labute approximate surface area is 166 Å². The standard InChI is InChI=1S/C21H30N4O3/c1-21(2,3)28-20(26)23-13-14-5-8-16(9-6-14)24-17-10-7-15-11-12-22-19(27-4)18(15)25-17/h7,10-12,14,16H,5-6,8-9,13H2,1-4H3,(H,23,26)(H,24,25). The maximum absolute atomic E-state index is 11.8. The van der Waals surface area contributed by atoms with Gasteiger partial charge in [0.1, 0.15) is 16.9 Å². The molecule has 0 atom stereocenters. The Morgan fingerprint density at radius 2 is 1.93 bits per heavy atom. The Morgan fingerprint density at radius 1 is 1.18 bits per heavy atom. The quantitative estimate of drug-likeness (QED) is 0.803. The molecule has 0 saturated heterocycles. The molecule has 3 rings (SSSR count). The van der Waals surface area contributed by atoms with Crippen LogP contribution < -0.4 is 15.4 Å². The van der Waals surface area contributed by atoms with Crippen molar-refractivity contribution in [1.82, 2.24) is 15.3 Å². The highest BCUT2D eigenvalue weighted by Crippen LogP contribution is 2.27. The first-order chi connectivity index (χ1) is 13.3. The first-order valence-electron chi connectivity index (χ1n) is 9.87.